The highest BCUT2D eigenvalue weighted by atomic mass is 16.6. The van der Waals surface area contributed by atoms with Crippen molar-refractivity contribution in [1.82, 2.24) is 0 Å². The van der Waals surface area contributed by atoms with Crippen molar-refractivity contribution in [1.29, 1.82) is 5.26 Å². The van der Waals surface area contributed by atoms with Crippen molar-refractivity contribution >= 4 is 11.4 Å². The Morgan fingerprint density at radius 1 is 1.30 bits per heavy atom. The first-order chi connectivity index (χ1) is 10.8. The fourth-order valence-electron chi connectivity index (χ4n) is 3.97. The normalized spacial score (nSPS) is 22.0. The van der Waals surface area contributed by atoms with Gasteiger partial charge in [-0.05, 0) is 32.8 Å². The molecule has 0 radical (unpaired) electrons. The van der Waals surface area contributed by atoms with Crippen LogP contribution in [0.15, 0.2) is 18.2 Å². The first-order valence-electron chi connectivity index (χ1n) is 7.98. The number of hydrogen-bond donors (Lipinski definition) is 0. The molecular weight excluding hydrogens is 294 g/mol. The Morgan fingerprint density at radius 2 is 2.00 bits per heavy atom. The second-order valence-electron chi connectivity index (χ2n) is 7.18. The molecule has 122 valence electrons. The molecule has 0 aromatic heterocycles. The lowest BCUT2D eigenvalue weighted by Crippen LogP contribution is -2.59. The van der Waals surface area contributed by atoms with E-state index in [9.17, 15) is 15.4 Å². The summed E-state index contributed by atoms with van der Waals surface area (Å²) >= 11 is 0. The molecule has 3 rings (SSSR count). The summed E-state index contributed by atoms with van der Waals surface area (Å²) in [5.74, 6) is 0. The van der Waals surface area contributed by atoms with Crippen LogP contribution in [0.3, 0.4) is 0 Å². The Kier molecular flexibility index (Phi) is 3.77. The topological polar surface area (TPSA) is 79.4 Å². The summed E-state index contributed by atoms with van der Waals surface area (Å²) in [5, 5.41) is 20.3. The molecule has 6 nitrogen and oxygen atoms in total. The van der Waals surface area contributed by atoms with Gasteiger partial charge in [-0.25, -0.2) is 0 Å². The number of nitro groups is 1. The van der Waals surface area contributed by atoms with Crippen LogP contribution < -0.4 is 4.90 Å². The van der Waals surface area contributed by atoms with Gasteiger partial charge in [0.15, 0.2) is 0 Å². The van der Waals surface area contributed by atoms with E-state index in [-0.39, 0.29) is 16.9 Å². The van der Waals surface area contributed by atoms with Crippen molar-refractivity contribution in [2.24, 2.45) is 0 Å². The summed E-state index contributed by atoms with van der Waals surface area (Å²) in [4.78, 5) is 12.6. The summed E-state index contributed by atoms with van der Waals surface area (Å²) in [7, 11) is 0. The third-order valence-electron chi connectivity index (χ3n) is 4.71. The van der Waals surface area contributed by atoms with Gasteiger partial charge in [0, 0.05) is 25.2 Å². The number of rotatable bonds is 2. The summed E-state index contributed by atoms with van der Waals surface area (Å²) in [6, 6.07) is 6.64. The smallest absolute Gasteiger partial charge is 0.270 e. The molecule has 0 bridgehead atoms. The Bertz CT molecular complexity index is 672. The van der Waals surface area contributed by atoms with E-state index in [0.29, 0.717) is 12.1 Å². The van der Waals surface area contributed by atoms with Gasteiger partial charge in [0.2, 0.25) is 0 Å². The van der Waals surface area contributed by atoms with Crippen molar-refractivity contribution in [2.45, 2.75) is 50.7 Å². The summed E-state index contributed by atoms with van der Waals surface area (Å²) in [6.07, 6.45) is 4.38. The molecule has 6 heteroatoms. The number of benzene rings is 1. The van der Waals surface area contributed by atoms with Crippen LogP contribution in [-0.4, -0.2) is 29.2 Å². The van der Waals surface area contributed by atoms with E-state index >= 15 is 0 Å². The zero-order chi connectivity index (χ0) is 16.7. The molecule has 1 saturated heterocycles. The number of nitrogens with zero attached hydrogens (tertiary/aromatic N) is 3. The van der Waals surface area contributed by atoms with Gasteiger partial charge in [0.25, 0.3) is 5.69 Å². The third kappa shape index (κ3) is 3.02. The zero-order valence-electron chi connectivity index (χ0n) is 13.5. The third-order valence-corrected chi connectivity index (χ3v) is 4.71. The minimum absolute atomic E-state index is 0.0478. The zero-order valence-corrected chi connectivity index (χ0v) is 13.5. The molecule has 1 aromatic rings. The van der Waals surface area contributed by atoms with Crippen molar-refractivity contribution < 1.29 is 9.66 Å². The van der Waals surface area contributed by atoms with Crippen molar-refractivity contribution in [3.05, 3.63) is 33.9 Å². The predicted octanol–water partition coefficient (Wildman–Crippen LogP) is 3.39. The second-order valence-corrected chi connectivity index (χ2v) is 7.18. The molecule has 0 atom stereocenters. The fourth-order valence-corrected chi connectivity index (χ4v) is 3.97. The first-order valence-corrected chi connectivity index (χ1v) is 7.98. The molecule has 23 heavy (non-hydrogen) atoms. The molecule has 1 saturated carbocycles. The van der Waals surface area contributed by atoms with E-state index in [2.05, 4.69) is 24.8 Å². The van der Waals surface area contributed by atoms with Crippen LogP contribution in [-0.2, 0) is 4.74 Å². The maximum atomic E-state index is 10.9. The van der Waals surface area contributed by atoms with Gasteiger partial charge in [-0.1, -0.05) is 12.8 Å². The highest BCUT2D eigenvalue weighted by molar-refractivity contribution is 5.63. The Labute approximate surface area is 135 Å². The van der Waals surface area contributed by atoms with Gasteiger partial charge in [-0.3, -0.25) is 10.1 Å². The van der Waals surface area contributed by atoms with E-state index in [4.69, 9.17) is 4.74 Å². The predicted molar refractivity (Wildman–Crippen MR) is 86.4 cm³/mol. The summed E-state index contributed by atoms with van der Waals surface area (Å²) in [5.41, 5.74) is 0.604. The Hall–Kier alpha value is -2.13. The first kappa shape index (κ1) is 15.8. The molecule has 0 amide bonds. The van der Waals surface area contributed by atoms with Gasteiger partial charge >= 0.3 is 0 Å². The number of ether oxygens (including phenoxy) is 1. The average molecular weight is 315 g/mol. The second kappa shape index (κ2) is 5.50. The van der Waals surface area contributed by atoms with E-state index < -0.39 is 4.92 Å². The maximum absolute atomic E-state index is 10.9. The number of hydrogen-bond acceptors (Lipinski definition) is 5. The molecule has 1 aromatic carbocycles. The minimum atomic E-state index is -0.466. The monoisotopic (exact) mass is 315 g/mol. The lowest BCUT2D eigenvalue weighted by atomic mass is 9.93. The van der Waals surface area contributed by atoms with Crippen LogP contribution in [0, 0.1) is 21.4 Å². The average Bonchev–Trinajstić information content (AvgIpc) is 2.91. The lowest BCUT2D eigenvalue weighted by Gasteiger charge is -2.49. The standard InChI is InChI=1S/C17H21N3O3/c1-16(2)11-19(12-17(23-16)7-3-4-8-17)15-6-5-14(20(21)22)9-13(15)10-18/h5-6,9H,3-4,7-8,11-12H2,1-2H3. The van der Waals surface area contributed by atoms with Gasteiger partial charge in [-0.15, -0.1) is 0 Å². The number of non-ortho nitro benzene ring substituents is 1. The minimum Gasteiger partial charge on any atom is -0.365 e. The van der Waals surface area contributed by atoms with Crippen molar-refractivity contribution in [2.75, 3.05) is 18.0 Å². The quantitative estimate of drug-likeness (QED) is 0.617. The molecule has 1 aliphatic carbocycles. The molecule has 2 fully saturated rings. The van der Waals surface area contributed by atoms with Crippen LogP contribution in [0.4, 0.5) is 11.4 Å². The van der Waals surface area contributed by atoms with Gasteiger partial charge in [0.05, 0.1) is 27.4 Å². The van der Waals surface area contributed by atoms with Crippen LogP contribution in [0.1, 0.15) is 45.1 Å². The van der Waals surface area contributed by atoms with Crippen molar-refractivity contribution in [3.8, 4) is 6.07 Å². The van der Waals surface area contributed by atoms with Crippen LogP contribution in [0.25, 0.3) is 0 Å². The molecular formula is C17H21N3O3. The fraction of sp³-hybridized carbons (Fsp3) is 0.588. The van der Waals surface area contributed by atoms with Crippen LogP contribution in [0.2, 0.25) is 0 Å². The molecule has 0 unspecified atom stereocenters. The number of anilines is 1. The highest BCUT2D eigenvalue weighted by Crippen LogP contribution is 2.42. The number of nitro benzene ring substituents is 1. The van der Waals surface area contributed by atoms with Crippen LogP contribution >= 0.6 is 0 Å². The summed E-state index contributed by atoms with van der Waals surface area (Å²) in [6.45, 7) is 5.54. The van der Waals surface area contributed by atoms with E-state index in [1.165, 1.54) is 12.1 Å². The SMILES string of the molecule is CC1(C)CN(c2ccc([N+](=O)[O-])cc2C#N)CC2(CCCC2)O1. The van der Waals surface area contributed by atoms with Gasteiger partial charge < -0.3 is 9.64 Å². The molecule has 2 aliphatic rings. The number of nitriles is 1. The Morgan fingerprint density at radius 3 is 2.61 bits per heavy atom. The largest absolute Gasteiger partial charge is 0.365 e. The molecule has 1 heterocycles. The van der Waals surface area contributed by atoms with Gasteiger partial charge in [0.1, 0.15) is 6.07 Å². The van der Waals surface area contributed by atoms with E-state index in [1.807, 2.05) is 0 Å². The lowest BCUT2D eigenvalue weighted by molar-refractivity contribution is -0.384. The number of morpholine rings is 1. The highest BCUT2D eigenvalue weighted by Gasteiger charge is 2.46. The van der Waals surface area contributed by atoms with Crippen molar-refractivity contribution in [3.63, 3.8) is 0 Å². The van der Waals surface area contributed by atoms with E-state index in [1.54, 1.807) is 6.07 Å². The molecule has 1 spiro atoms. The summed E-state index contributed by atoms with van der Waals surface area (Å²) < 4.78 is 6.38. The van der Waals surface area contributed by atoms with Gasteiger partial charge in [-0.2, -0.15) is 5.26 Å². The van der Waals surface area contributed by atoms with Crippen LogP contribution in [0.5, 0.6) is 0 Å². The molecule has 1 aliphatic heterocycles. The molecule has 0 N–H and O–H groups in total. The van der Waals surface area contributed by atoms with E-state index in [0.717, 1.165) is 37.9 Å². The maximum Gasteiger partial charge on any atom is 0.270 e. The Balaban J connectivity index is 1.97.